The van der Waals surface area contributed by atoms with E-state index in [0.717, 1.165) is 14.8 Å². The van der Waals surface area contributed by atoms with Crippen molar-refractivity contribution in [3.05, 3.63) is 56.2 Å². The van der Waals surface area contributed by atoms with E-state index in [-0.39, 0.29) is 5.82 Å². The molecule has 21 heavy (non-hydrogen) atoms. The van der Waals surface area contributed by atoms with Crippen LogP contribution in [0.3, 0.4) is 0 Å². The summed E-state index contributed by atoms with van der Waals surface area (Å²) < 4.78 is 2.18. The third-order valence-corrected chi connectivity index (χ3v) is 3.43. The Bertz CT molecular complexity index is 742. The van der Waals surface area contributed by atoms with Crippen molar-refractivity contribution in [2.24, 2.45) is 14.1 Å². The summed E-state index contributed by atoms with van der Waals surface area (Å²) in [6.45, 7) is 4.77. The van der Waals surface area contributed by atoms with Crippen LogP contribution in [0.1, 0.15) is 30.9 Å². The lowest BCUT2D eigenvalue weighted by atomic mass is 10.0. The first-order valence-electron chi connectivity index (χ1n) is 6.87. The second kappa shape index (κ2) is 5.95. The molecule has 0 aliphatic carbocycles. The third-order valence-electron chi connectivity index (χ3n) is 3.43. The fourth-order valence-corrected chi connectivity index (χ4v) is 2.02. The van der Waals surface area contributed by atoms with Gasteiger partial charge in [0.1, 0.15) is 0 Å². The molecule has 0 aliphatic heterocycles. The lowest BCUT2D eigenvalue weighted by molar-refractivity contribution is 0.604. The quantitative estimate of drug-likeness (QED) is 0.918. The molecule has 1 heterocycles. The number of nitrogens with one attached hydrogen (secondary N) is 1. The fraction of sp³-hybridized carbons (Fsp3) is 0.400. The van der Waals surface area contributed by atoms with Crippen molar-refractivity contribution >= 4 is 5.82 Å². The van der Waals surface area contributed by atoms with Crippen molar-refractivity contribution in [1.29, 1.82) is 0 Å². The summed E-state index contributed by atoms with van der Waals surface area (Å²) in [5.41, 5.74) is 1.47. The molecule has 0 bridgehead atoms. The Morgan fingerprint density at radius 1 is 1.14 bits per heavy atom. The third kappa shape index (κ3) is 3.21. The topological polar surface area (TPSA) is 68.9 Å². The van der Waals surface area contributed by atoms with E-state index in [1.165, 1.54) is 19.7 Å². The van der Waals surface area contributed by atoms with Crippen LogP contribution < -0.4 is 16.6 Å². The van der Waals surface area contributed by atoms with Crippen molar-refractivity contribution in [3.8, 4) is 0 Å². The molecular formula is C15H20N4O2. The van der Waals surface area contributed by atoms with Crippen LogP contribution in [-0.4, -0.2) is 14.3 Å². The second-order valence-corrected chi connectivity index (χ2v) is 5.37. The fourth-order valence-electron chi connectivity index (χ4n) is 2.02. The van der Waals surface area contributed by atoms with E-state index in [4.69, 9.17) is 0 Å². The Kier molecular flexibility index (Phi) is 4.26. The maximum Gasteiger partial charge on any atom is 0.346 e. The zero-order chi connectivity index (χ0) is 15.6. The molecule has 0 fully saturated rings. The van der Waals surface area contributed by atoms with Gasteiger partial charge in [0.25, 0.3) is 5.56 Å². The van der Waals surface area contributed by atoms with Crippen LogP contribution in [0.2, 0.25) is 0 Å². The number of rotatable bonds is 4. The summed E-state index contributed by atoms with van der Waals surface area (Å²) >= 11 is 0. The first-order chi connectivity index (χ1) is 9.90. The average molecular weight is 288 g/mol. The normalized spacial score (nSPS) is 10.9. The minimum Gasteiger partial charge on any atom is -0.360 e. The lowest BCUT2D eigenvalue weighted by Crippen LogP contribution is -2.39. The molecule has 2 rings (SSSR count). The highest BCUT2D eigenvalue weighted by Gasteiger charge is 2.08. The summed E-state index contributed by atoms with van der Waals surface area (Å²) in [6, 6.07) is 8.20. The molecular weight excluding hydrogens is 268 g/mol. The van der Waals surface area contributed by atoms with Crippen LogP contribution in [-0.2, 0) is 20.6 Å². The smallest absolute Gasteiger partial charge is 0.346 e. The predicted octanol–water partition coefficient (Wildman–Crippen LogP) is 1.21. The molecule has 6 heteroatoms. The molecule has 0 spiro atoms. The van der Waals surface area contributed by atoms with Crippen LogP contribution in [0, 0.1) is 0 Å². The Morgan fingerprint density at radius 2 is 1.76 bits per heavy atom. The van der Waals surface area contributed by atoms with Gasteiger partial charge in [0.05, 0.1) is 0 Å². The van der Waals surface area contributed by atoms with E-state index in [0.29, 0.717) is 12.5 Å². The highest BCUT2D eigenvalue weighted by molar-refractivity contribution is 5.33. The molecule has 1 aromatic heterocycles. The largest absolute Gasteiger partial charge is 0.360 e. The van der Waals surface area contributed by atoms with Crippen LogP contribution in [0.4, 0.5) is 5.82 Å². The summed E-state index contributed by atoms with van der Waals surface area (Å²) in [5, 5.41) is 6.94. The Balaban J connectivity index is 2.17. The van der Waals surface area contributed by atoms with Crippen LogP contribution in [0.15, 0.2) is 33.9 Å². The maximum absolute atomic E-state index is 11.9. The molecule has 0 atom stereocenters. The molecule has 0 saturated carbocycles. The first-order valence-corrected chi connectivity index (χ1v) is 6.87. The number of hydrogen-bond acceptors (Lipinski definition) is 4. The van der Waals surface area contributed by atoms with Crippen molar-refractivity contribution in [2.75, 3.05) is 5.32 Å². The standard InChI is InChI=1S/C15H20N4O2/c1-10(2)12-7-5-11(6-8-12)9-16-13-14(20)18(3)15(21)19(4)17-13/h5-8,10H,9H2,1-4H3,(H,16,17). The molecule has 2 aromatic rings. The molecule has 0 aliphatic rings. The number of aromatic nitrogens is 3. The van der Waals surface area contributed by atoms with Crippen molar-refractivity contribution < 1.29 is 0 Å². The number of hydrogen-bond donors (Lipinski definition) is 1. The summed E-state index contributed by atoms with van der Waals surface area (Å²) in [6.07, 6.45) is 0. The molecule has 1 aromatic carbocycles. The Hall–Kier alpha value is -2.37. The van der Waals surface area contributed by atoms with E-state index in [9.17, 15) is 9.59 Å². The van der Waals surface area contributed by atoms with Crippen molar-refractivity contribution in [2.45, 2.75) is 26.3 Å². The van der Waals surface area contributed by atoms with E-state index < -0.39 is 11.2 Å². The monoisotopic (exact) mass is 288 g/mol. The first kappa shape index (κ1) is 15.0. The van der Waals surface area contributed by atoms with E-state index in [1.54, 1.807) is 0 Å². The average Bonchev–Trinajstić information content (AvgIpc) is 2.48. The van der Waals surface area contributed by atoms with Crippen molar-refractivity contribution in [3.63, 3.8) is 0 Å². The van der Waals surface area contributed by atoms with E-state index in [2.05, 4.69) is 36.4 Å². The van der Waals surface area contributed by atoms with E-state index >= 15 is 0 Å². The van der Waals surface area contributed by atoms with Gasteiger partial charge in [-0.25, -0.2) is 9.48 Å². The zero-order valence-corrected chi connectivity index (χ0v) is 12.8. The van der Waals surface area contributed by atoms with Gasteiger partial charge in [-0.3, -0.25) is 9.36 Å². The molecule has 0 radical (unpaired) electrons. The van der Waals surface area contributed by atoms with Gasteiger partial charge in [0.15, 0.2) is 0 Å². The van der Waals surface area contributed by atoms with Gasteiger partial charge < -0.3 is 5.32 Å². The van der Waals surface area contributed by atoms with Crippen molar-refractivity contribution in [1.82, 2.24) is 14.3 Å². The van der Waals surface area contributed by atoms with Gasteiger partial charge in [-0.05, 0) is 17.0 Å². The molecule has 1 N–H and O–H groups in total. The van der Waals surface area contributed by atoms with Crippen LogP contribution in [0.5, 0.6) is 0 Å². The lowest BCUT2D eigenvalue weighted by Gasteiger charge is -2.09. The number of benzene rings is 1. The van der Waals surface area contributed by atoms with Gasteiger partial charge in [-0.1, -0.05) is 38.1 Å². The number of anilines is 1. The second-order valence-electron chi connectivity index (χ2n) is 5.37. The number of aryl methyl sites for hydroxylation is 1. The minimum absolute atomic E-state index is 0.174. The zero-order valence-electron chi connectivity index (χ0n) is 12.8. The molecule has 0 amide bonds. The molecule has 0 saturated heterocycles. The Morgan fingerprint density at radius 3 is 2.33 bits per heavy atom. The van der Waals surface area contributed by atoms with Gasteiger partial charge in [0.2, 0.25) is 5.82 Å². The maximum atomic E-state index is 11.9. The van der Waals surface area contributed by atoms with Gasteiger partial charge in [0, 0.05) is 20.6 Å². The highest BCUT2D eigenvalue weighted by atomic mass is 16.2. The van der Waals surface area contributed by atoms with Gasteiger partial charge in [-0.15, -0.1) is 5.10 Å². The molecule has 6 nitrogen and oxygen atoms in total. The van der Waals surface area contributed by atoms with Crippen LogP contribution in [0.25, 0.3) is 0 Å². The predicted molar refractivity (Wildman–Crippen MR) is 82.6 cm³/mol. The number of nitrogens with zero attached hydrogens (tertiary/aromatic N) is 3. The molecule has 112 valence electrons. The summed E-state index contributed by atoms with van der Waals surface area (Å²) in [4.78, 5) is 23.5. The SMILES string of the molecule is CC(C)c1ccc(CNc2nn(C)c(=O)n(C)c2=O)cc1. The minimum atomic E-state index is -0.438. The summed E-state index contributed by atoms with van der Waals surface area (Å²) in [5.74, 6) is 0.664. The summed E-state index contributed by atoms with van der Waals surface area (Å²) in [7, 11) is 2.96. The van der Waals surface area contributed by atoms with Gasteiger partial charge >= 0.3 is 5.69 Å². The Labute approximate surface area is 123 Å². The van der Waals surface area contributed by atoms with Gasteiger partial charge in [-0.2, -0.15) is 0 Å². The highest BCUT2D eigenvalue weighted by Crippen LogP contribution is 2.14. The van der Waals surface area contributed by atoms with E-state index in [1.807, 2.05) is 12.1 Å². The molecule has 0 unspecified atom stereocenters. The van der Waals surface area contributed by atoms with Crippen LogP contribution >= 0.6 is 0 Å².